The van der Waals surface area contributed by atoms with E-state index in [-0.39, 0.29) is 34.3 Å². The normalized spacial score (nSPS) is 14.1. The standard InChI is InChI=1S/C18H13F3N4O5/c19-11-2-8-1-9(4-22-12(8)3-13(11)29-17(20)21)15(26)24-10-6-25(7-10)18-23-5-14(30-18)16(27)28/h1-5,10,17H,6-7H2,(H,24,26)(H,27,28). The quantitative estimate of drug-likeness (QED) is 0.621. The molecule has 2 N–H and O–H groups in total. The molecule has 1 fully saturated rings. The first-order valence-electron chi connectivity index (χ1n) is 8.59. The third kappa shape index (κ3) is 3.83. The van der Waals surface area contributed by atoms with Gasteiger partial charge in [0.25, 0.3) is 11.9 Å². The summed E-state index contributed by atoms with van der Waals surface area (Å²) in [6.45, 7) is -2.46. The zero-order valence-electron chi connectivity index (χ0n) is 15.0. The maximum absolute atomic E-state index is 13.9. The van der Waals surface area contributed by atoms with E-state index in [2.05, 4.69) is 20.0 Å². The number of oxazole rings is 1. The number of nitrogens with zero attached hydrogens (tertiary/aromatic N) is 3. The molecule has 1 amide bonds. The van der Waals surface area contributed by atoms with Crippen LogP contribution < -0.4 is 15.0 Å². The van der Waals surface area contributed by atoms with Crippen LogP contribution in [0, 0.1) is 5.82 Å². The van der Waals surface area contributed by atoms with Crippen molar-refractivity contribution in [1.29, 1.82) is 0 Å². The Hall–Kier alpha value is -3.83. The van der Waals surface area contributed by atoms with Crippen LogP contribution >= 0.6 is 0 Å². The SMILES string of the molecule is O=C(NC1CN(c2ncc(C(=O)O)o2)C1)c1cnc2cc(OC(F)F)c(F)cc2c1. The van der Waals surface area contributed by atoms with Gasteiger partial charge >= 0.3 is 12.6 Å². The van der Waals surface area contributed by atoms with Crippen molar-refractivity contribution in [2.45, 2.75) is 12.7 Å². The fraction of sp³-hybridized carbons (Fsp3) is 0.222. The molecule has 1 aromatic carbocycles. The number of pyridine rings is 1. The highest BCUT2D eigenvalue weighted by atomic mass is 19.3. The number of halogens is 3. The van der Waals surface area contributed by atoms with E-state index in [0.717, 1.165) is 18.3 Å². The molecule has 1 aliphatic heterocycles. The highest BCUT2D eigenvalue weighted by Crippen LogP contribution is 2.26. The zero-order chi connectivity index (χ0) is 21.4. The number of carboxylic acids is 1. The lowest BCUT2D eigenvalue weighted by molar-refractivity contribution is -0.0520. The topological polar surface area (TPSA) is 118 Å². The van der Waals surface area contributed by atoms with Crippen LogP contribution in [0.1, 0.15) is 20.9 Å². The Bertz CT molecular complexity index is 1130. The van der Waals surface area contributed by atoms with Crippen molar-refractivity contribution in [1.82, 2.24) is 15.3 Å². The number of anilines is 1. The molecule has 1 saturated heterocycles. The Balaban J connectivity index is 1.40. The van der Waals surface area contributed by atoms with Crippen LogP contribution in [-0.4, -0.2) is 52.7 Å². The number of rotatable bonds is 6. The summed E-state index contributed by atoms with van der Waals surface area (Å²) < 4.78 is 47.7. The van der Waals surface area contributed by atoms with E-state index in [0.29, 0.717) is 13.1 Å². The Labute approximate surface area is 166 Å². The summed E-state index contributed by atoms with van der Waals surface area (Å²) in [5.74, 6) is -3.60. The second kappa shape index (κ2) is 7.54. The largest absolute Gasteiger partial charge is 0.475 e. The summed E-state index contributed by atoms with van der Waals surface area (Å²) in [6.07, 6.45) is 2.34. The molecule has 9 nitrogen and oxygen atoms in total. The maximum atomic E-state index is 13.9. The van der Waals surface area contributed by atoms with Gasteiger partial charge in [-0.15, -0.1) is 0 Å². The van der Waals surface area contributed by atoms with Gasteiger partial charge in [0, 0.05) is 30.7 Å². The molecular formula is C18H13F3N4O5. The second-order valence-electron chi connectivity index (χ2n) is 6.47. The summed E-state index contributed by atoms with van der Waals surface area (Å²) in [7, 11) is 0. The lowest BCUT2D eigenvalue weighted by Crippen LogP contribution is -2.59. The number of carboxylic acid groups (broad SMARTS) is 1. The van der Waals surface area contributed by atoms with Crippen LogP contribution in [0.15, 0.2) is 35.0 Å². The molecule has 0 unspecified atom stereocenters. The van der Waals surface area contributed by atoms with Gasteiger partial charge in [0.15, 0.2) is 11.6 Å². The Morgan fingerprint density at radius 3 is 2.67 bits per heavy atom. The summed E-state index contributed by atoms with van der Waals surface area (Å²) >= 11 is 0. The molecule has 3 heterocycles. The summed E-state index contributed by atoms with van der Waals surface area (Å²) in [5, 5.41) is 11.8. The molecule has 0 radical (unpaired) electrons. The monoisotopic (exact) mass is 422 g/mol. The molecule has 30 heavy (non-hydrogen) atoms. The van der Waals surface area contributed by atoms with Crippen LogP contribution in [-0.2, 0) is 0 Å². The number of nitrogens with one attached hydrogen (secondary N) is 1. The van der Waals surface area contributed by atoms with Crippen LogP contribution in [0.3, 0.4) is 0 Å². The Kier molecular flexibility index (Phi) is 4.90. The van der Waals surface area contributed by atoms with Gasteiger partial charge in [-0.05, 0) is 12.1 Å². The van der Waals surface area contributed by atoms with E-state index in [1.54, 1.807) is 4.90 Å². The number of carbonyl (C=O) groups is 2. The Morgan fingerprint density at radius 2 is 2.00 bits per heavy atom. The lowest BCUT2D eigenvalue weighted by atomic mass is 10.1. The first-order valence-corrected chi connectivity index (χ1v) is 8.59. The third-order valence-corrected chi connectivity index (χ3v) is 4.40. The maximum Gasteiger partial charge on any atom is 0.387 e. The average Bonchev–Trinajstić information content (AvgIpc) is 3.14. The van der Waals surface area contributed by atoms with Crippen molar-refractivity contribution in [2.24, 2.45) is 0 Å². The highest BCUT2D eigenvalue weighted by molar-refractivity contribution is 5.97. The van der Waals surface area contributed by atoms with Crippen LogP contribution in [0.25, 0.3) is 10.9 Å². The fourth-order valence-corrected chi connectivity index (χ4v) is 2.94. The highest BCUT2D eigenvalue weighted by Gasteiger charge is 2.32. The number of benzene rings is 1. The van der Waals surface area contributed by atoms with E-state index in [1.807, 2.05) is 0 Å². The smallest absolute Gasteiger partial charge is 0.387 e. The van der Waals surface area contributed by atoms with Crippen molar-refractivity contribution < 1.29 is 37.0 Å². The van der Waals surface area contributed by atoms with Crippen LogP contribution in [0.4, 0.5) is 19.2 Å². The first kappa shape index (κ1) is 19.5. The molecule has 0 saturated carbocycles. The predicted molar refractivity (Wildman–Crippen MR) is 95.3 cm³/mol. The fourth-order valence-electron chi connectivity index (χ4n) is 2.94. The van der Waals surface area contributed by atoms with Crippen molar-refractivity contribution in [2.75, 3.05) is 18.0 Å². The Morgan fingerprint density at radius 1 is 1.23 bits per heavy atom. The third-order valence-electron chi connectivity index (χ3n) is 4.40. The number of ether oxygens (including phenoxy) is 1. The average molecular weight is 422 g/mol. The number of amides is 1. The number of carbonyl (C=O) groups excluding carboxylic acids is 1. The molecule has 0 bridgehead atoms. The van der Waals surface area contributed by atoms with E-state index in [1.165, 1.54) is 12.3 Å². The molecule has 2 aromatic heterocycles. The van der Waals surface area contributed by atoms with Gasteiger partial charge < -0.3 is 24.5 Å². The molecule has 4 rings (SSSR count). The van der Waals surface area contributed by atoms with Gasteiger partial charge in [0.05, 0.1) is 23.3 Å². The minimum absolute atomic E-state index is 0.141. The number of aromatic nitrogens is 2. The number of fused-ring (bicyclic) bond motifs is 1. The number of aromatic carboxylic acids is 1. The number of alkyl halides is 2. The van der Waals surface area contributed by atoms with Gasteiger partial charge in [0.1, 0.15) is 0 Å². The van der Waals surface area contributed by atoms with Crippen molar-refractivity contribution in [3.8, 4) is 5.75 Å². The number of hydrogen-bond donors (Lipinski definition) is 2. The minimum Gasteiger partial charge on any atom is -0.475 e. The van der Waals surface area contributed by atoms with E-state index in [4.69, 9.17) is 9.52 Å². The minimum atomic E-state index is -3.17. The van der Waals surface area contributed by atoms with Crippen molar-refractivity contribution in [3.05, 3.63) is 47.7 Å². The van der Waals surface area contributed by atoms with E-state index in [9.17, 15) is 22.8 Å². The molecular weight excluding hydrogens is 409 g/mol. The zero-order valence-corrected chi connectivity index (χ0v) is 15.0. The molecule has 12 heteroatoms. The van der Waals surface area contributed by atoms with Gasteiger partial charge in [-0.25, -0.2) is 14.2 Å². The molecule has 1 aliphatic rings. The van der Waals surface area contributed by atoms with E-state index >= 15 is 0 Å². The molecule has 0 aliphatic carbocycles. The van der Waals surface area contributed by atoms with Crippen LogP contribution in [0.2, 0.25) is 0 Å². The lowest BCUT2D eigenvalue weighted by Gasteiger charge is -2.38. The van der Waals surface area contributed by atoms with Crippen LogP contribution in [0.5, 0.6) is 5.75 Å². The molecule has 0 spiro atoms. The second-order valence-corrected chi connectivity index (χ2v) is 6.47. The summed E-state index contributed by atoms with van der Waals surface area (Å²) in [5.41, 5.74) is 0.351. The van der Waals surface area contributed by atoms with Crippen molar-refractivity contribution >= 4 is 28.8 Å². The first-order chi connectivity index (χ1) is 14.3. The van der Waals surface area contributed by atoms with Gasteiger partial charge in [-0.3, -0.25) is 9.78 Å². The molecule has 156 valence electrons. The van der Waals surface area contributed by atoms with Gasteiger partial charge in [-0.2, -0.15) is 8.78 Å². The van der Waals surface area contributed by atoms with Gasteiger partial charge in [0.2, 0.25) is 5.76 Å². The summed E-state index contributed by atoms with van der Waals surface area (Å²) in [6, 6.07) is 3.28. The van der Waals surface area contributed by atoms with E-state index < -0.39 is 30.1 Å². The van der Waals surface area contributed by atoms with Gasteiger partial charge in [-0.1, -0.05) is 0 Å². The predicted octanol–water partition coefficient (Wildman–Crippen LogP) is 2.28. The molecule has 3 aromatic rings. The van der Waals surface area contributed by atoms with Crippen molar-refractivity contribution in [3.63, 3.8) is 0 Å². The summed E-state index contributed by atoms with van der Waals surface area (Å²) in [4.78, 5) is 32.7. The number of hydrogen-bond acceptors (Lipinski definition) is 7. The molecule has 0 atom stereocenters.